The molecule has 3 heteroatoms. The van der Waals surface area contributed by atoms with Gasteiger partial charge in [0.1, 0.15) is 0 Å². The summed E-state index contributed by atoms with van der Waals surface area (Å²) in [6, 6.07) is 63.0. The van der Waals surface area contributed by atoms with Gasteiger partial charge in [-0.3, -0.25) is 0 Å². The summed E-state index contributed by atoms with van der Waals surface area (Å²) in [5, 5.41) is 6.46. The van der Waals surface area contributed by atoms with Crippen LogP contribution in [0.4, 0.5) is 0 Å². The summed E-state index contributed by atoms with van der Waals surface area (Å²) in [6.07, 6.45) is 5.50. The summed E-state index contributed by atoms with van der Waals surface area (Å²) in [5.74, 6) is 0. The minimum Gasteiger partial charge on any atom is -0.328 e. The molecule has 7 aromatic carbocycles. The molecule has 1 radical (unpaired) electrons. The van der Waals surface area contributed by atoms with Crippen molar-refractivity contribution in [1.29, 1.82) is 0 Å². The maximum atomic E-state index is 2.46. The van der Waals surface area contributed by atoms with Gasteiger partial charge in [0.2, 0.25) is 0 Å². The molecule has 11 rings (SSSR count). The smallest absolute Gasteiger partial charge is 0.0953 e. The van der Waals surface area contributed by atoms with Crippen molar-refractivity contribution in [2.75, 3.05) is 0 Å². The van der Waals surface area contributed by atoms with Gasteiger partial charge in [0.05, 0.1) is 33.6 Å². The standard InChI is InChI=1S/C48H32N3/c1-6-16-43-37(11-1)38-12-2-7-17-44(38)49(43)34-25-21-32(22-26-34)33-23-27-35(28-24-33)50-47-20-10-5-15-41(47)42-31-36(29-30-48(42)50)51-45-18-8-3-13-39(45)40-14-4-9-19-46(40)51/h1-30H,31H2. The first-order valence-electron chi connectivity index (χ1n) is 17.7. The van der Waals surface area contributed by atoms with Crippen LogP contribution in [-0.4, -0.2) is 13.7 Å². The zero-order valence-corrected chi connectivity index (χ0v) is 27.9. The first-order chi connectivity index (χ1) is 25.3. The molecular weight excluding hydrogens is 619 g/mol. The highest BCUT2D eigenvalue weighted by Crippen LogP contribution is 2.40. The minimum atomic E-state index is 0.860. The molecule has 0 spiro atoms. The Bertz CT molecular complexity index is 2880. The van der Waals surface area contributed by atoms with Crippen LogP contribution >= 0.6 is 0 Å². The molecule has 239 valence electrons. The van der Waals surface area contributed by atoms with Crippen LogP contribution in [0.15, 0.2) is 176 Å². The van der Waals surface area contributed by atoms with E-state index in [1.54, 1.807) is 0 Å². The van der Waals surface area contributed by atoms with E-state index in [-0.39, 0.29) is 0 Å². The molecule has 0 fully saturated rings. The second-order valence-electron chi connectivity index (χ2n) is 13.6. The van der Waals surface area contributed by atoms with E-state index >= 15 is 0 Å². The molecule has 0 amide bonds. The van der Waals surface area contributed by atoms with Crippen molar-refractivity contribution in [2.24, 2.45) is 0 Å². The second kappa shape index (κ2) is 11.0. The van der Waals surface area contributed by atoms with Gasteiger partial charge in [0, 0.05) is 50.4 Å². The third kappa shape index (κ3) is 4.18. The number of benzene rings is 7. The molecule has 0 saturated carbocycles. The molecule has 0 aliphatic heterocycles. The quantitative estimate of drug-likeness (QED) is 0.180. The molecule has 1 aliphatic rings. The fourth-order valence-corrected chi connectivity index (χ4v) is 8.57. The van der Waals surface area contributed by atoms with Crippen molar-refractivity contribution in [3.8, 4) is 22.5 Å². The fourth-order valence-electron chi connectivity index (χ4n) is 8.57. The average Bonchev–Trinajstić information content (AvgIpc) is 3.84. The topological polar surface area (TPSA) is 14.8 Å². The predicted octanol–water partition coefficient (Wildman–Crippen LogP) is 12.2. The lowest BCUT2D eigenvalue weighted by atomic mass is 9.96. The molecule has 10 aromatic rings. The van der Waals surface area contributed by atoms with Gasteiger partial charge in [-0.25, -0.2) is 0 Å². The summed E-state index contributed by atoms with van der Waals surface area (Å²) in [5.41, 5.74) is 13.6. The predicted molar refractivity (Wildman–Crippen MR) is 214 cm³/mol. The second-order valence-corrected chi connectivity index (χ2v) is 13.6. The molecule has 0 bridgehead atoms. The van der Waals surface area contributed by atoms with E-state index in [2.05, 4.69) is 196 Å². The molecule has 1 aliphatic carbocycles. The molecule has 3 nitrogen and oxygen atoms in total. The zero-order valence-electron chi connectivity index (χ0n) is 27.9. The number of rotatable bonds is 4. The Balaban J connectivity index is 0.960. The summed E-state index contributed by atoms with van der Waals surface area (Å²) in [6.45, 7) is 0. The van der Waals surface area contributed by atoms with Crippen LogP contribution in [-0.2, 0) is 6.42 Å². The molecular formula is C48H32N3. The summed E-state index contributed by atoms with van der Waals surface area (Å²) in [4.78, 5) is 0. The maximum absolute atomic E-state index is 2.46. The minimum absolute atomic E-state index is 0.860. The van der Waals surface area contributed by atoms with Crippen LogP contribution in [0.25, 0.3) is 83.1 Å². The van der Waals surface area contributed by atoms with E-state index in [4.69, 9.17) is 0 Å². The summed E-state index contributed by atoms with van der Waals surface area (Å²) < 4.78 is 7.26. The lowest BCUT2D eigenvalue weighted by molar-refractivity contribution is 0.847. The van der Waals surface area contributed by atoms with Crippen LogP contribution in [0.1, 0.15) is 11.3 Å². The Kier molecular flexibility index (Phi) is 6.08. The fraction of sp³-hybridized carbons (Fsp3) is 0.0208. The van der Waals surface area contributed by atoms with Crippen molar-refractivity contribution in [3.63, 3.8) is 0 Å². The van der Waals surface area contributed by atoms with Gasteiger partial charge in [-0.15, -0.1) is 0 Å². The van der Waals surface area contributed by atoms with E-state index in [1.807, 2.05) is 0 Å². The van der Waals surface area contributed by atoms with Gasteiger partial charge in [-0.05, 0) is 77.4 Å². The highest BCUT2D eigenvalue weighted by Gasteiger charge is 2.26. The van der Waals surface area contributed by atoms with Crippen molar-refractivity contribution in [1.82, 2.24) is 13.7 Å². The van der Waals surface area contributed by atoms with Gasteiger partial charge in [0.25, 0.3) is 0 Å². The molecule has 0 saturated heterocycles. The third-order valence-corrected chi connectivity index (χ3v) is 10.8. The Morgan fingerprint density at radius 3 is 1.16 bits per heavy atom. The van der Waals surface area contributed by atoms with Gasteiger partial charge in [-0.2, -0.15) is 0 Å². The van der Waals surface area contributed by atoms with E-state index in [9.17, 15) is 0 Å². The first kappa shape index (κ1) is 28.3. The van der Waals surface area contributed by atoms with Crippen LogP contribution in [0.2, 0.25) is 0 Å². The first-order valence-corrected chi connectivity index (χ1v) is 17.7. The third-order valence-electron chi connectivity index (χ3n) is 10.8. The van der Waals surface area contributed by atoms with E-state index in [0.29, 0.717) is 0 Å². The number of para-hydroxylation sites is 5. The number of fused-ring (bicyclic) bond motifs is 9. The van der Waals surface area contributed by atoms with Crippen LogP contribution in [0.3, 0.4) is 0 Å². The molecule has 0 unspecified atom stereocenters. The Morgan fingerprint density at radius 2 is 0.686 bits per heavy atom. The number of hydrogen-bond acceptors (Lipinski definition) is 0. The highest BCUT2D eigenvalue weighted by atomic mass is 15.0. The normalized spacial score (nSPS) is 13.3. The summed E-state index contributed by atoms with van der Waals surface area (Å²) in [7, 11) is 0. The molecule has 0 atom stereocenters. The van der Waals surface area contributed by atoms with E-state index in [0.717, 1.165) is 6.42 Å². The Hall–Kier alpha value is -6.58. The van der Waals surface area contributed by atoms with Crippen molar-refractivity contribution < 1.29 is 0 Å². The van der Waals surface area contributed by atoms with Crippen LogP contribution in [0, 0.1) is 6.04 Å². The molecule has 3 aromatic heterocycles. The Labute approximate surface area is 295 Å². The van der Waals surface area contributed by atoms with Crippen molar-refractivity contribution >= 4 is 60.6 Å². The number of aromatic nitrogens is 3. The van der Waals surface area contributed by atoms with E-state index in [1.165, 1.54) is 94.3 Å². The number of nitrogens with zero attached hydrogens (tertiary/aromatic N) is 3. The lowest BCUT2D eigenvalue weighted by Gasteiger charge is -2.21. The van der Waals surface area contributed by atoms with Gasteiger partial charge in [-0.1, -0.05) is 121 Å². The maximum Gasteiger partial charge on any atom is 0.0953 e. The van der Waals surface area contributed by atoms with Gasteiger partial charge < -0.3 is 13.7 Å². The van der Waals surface area contributed by atoms with Crippen LogP contribution < -0.4 is 0 Å². The SMILES string of the molecule is C1=Cc2c(c3ccccc3n2-c2ccc(-c3ccc(-n4c5ccccc5c5ccccc54)cc3)cc2)C[C]1n1c2ccccc2c2ccccc21. The van der Waals surface area contributed by atoms with Gasteiger partial charge >= 0.3 is 0 Å². The molecule has 51 heavy (non-hydrogen) atoms. The zero-order chi connectivity index (χ0) is 33.5. The van der Waals surface area contributed by atoms with Crippen molar-refractivity contribution in [3.05, 3.63) is 193 Å². The largest absolute Gasteiger partial charge is 0.328 e. The van der Waals surface area contributed by atoms with Crippen LogP contribution in [0.5, 0.6) is 0 Å². The highest BCUT2D eigenvalue weighted by molar-refractivity contribution is 6.10. The van der Waals surface area contributed by atoms with E-state index < -0.39 is 0 Å². The lowest BCUT2D eigenvalue weighted by Crippen LogP contribution is -2.14. The van der Waals surface area contributed by atoms with Gasteiger partial charge in [0.15, 0.2) is 0 Å². The molecule has 0 N–H and O–H groups in total. The van der Waals surface area contributed by atoms with Crippen molar-refractivity contribution in [2.45, 2.75) is 6.42 Å². The number of allylic oxidation sites excluding steroid dienone is 1. The number of hydrogen-bond donors (Lipinski definition) is 0. The monoisotopic (exact) mass is 650 g/mol. The Morgan fingerprint density at radius 1 is 0.314 bits per heavy atom. The summed E-state index contributed by atoms with van der Waals surface area (Å²) >= 11 is 0. The average molecular weight is 651 g/mol. The molecule has 3 heterocycles.